The van der Waals surface area contributed by atoms with E-state index in [9.17, 15) is 14.9 Å². The highest BCUT2D eigenvalue weighted by molar-refractivity contribution is 6.30. The van der Waals surface area contributed by atoms with Crippen LogP contribution in [-0.4, -0.2) is 42.0 Å². The third kappa shape index (κ3) is 4.12. The molecule has 0 radical (unpaired) electrons. The molecule has 8 heteroatoms. The summed E-state index contributed by atoms with van der Waals surface area (Å²) in [6.45, 7) is 1.81. The lowest BCUT2D eigenvalue weighted by Crippen LogP contribution is -2.44. The summed E-state index contributed by atoms with van der Waals surface area (Å²) in [5.41, 5.74) is 0.335. The number of nitrogens with zero attached hydrogens (tertiary/aromatic N) is 2. The molecule has 1 aliphatic heterocycles. The van der Waals surface area contributed by atoms with E-state index in [1.807, 2.05) is 6.07 Å². The number of benzene rings is 2. The van der Waals surface area contributed by atoms with Gasteiger partial charge in [-0.05, 0) is 12.1 Å². The molecule has 1 heterocycles. The van der Waals surface area contributed by atoms with E-state index in [4.69, 9.17) is 21.1 Å². The minimum absolute atomic E-state index is 0.00476. The Kier molecular flexibility index (Phi) is 5.70. The summed E-state index contributed by atoms with van der Waals surface area (Å²) in [6, 6.07) is 13.0. The quantitative estimate of drug-likeness (QED) is 0.591. The Labute approximate surface area is 155 Å². The molecule has 3 rings (SSSR count). The number of halogens is 1. The summed E-state index contributed by atoms with van der Waals surface area (Å²) in [6.07, 6.45) is -0.992. The summed E-state index contributed by atoms with van der Waals surface area (Å²) in [5.74, 6) is -0.265. The molecule has 1 atom stereocenters. The van der Waals surface area contributed by atoms with Gasteiger partial charge in [-0.2, -0.15) is 0 Å². The molecule has 1 fully saturated rings. The lowest BCUT2D eigenvalue weighted by atomic mass is 10.1. The summed E-state index contributed by atoms with van der Waals surface area (Å²) >= 11 is 5.85. The normalized spacial score (nSPS) is 15.3. The van der Waals surface area contributed by atoms with Crippen molar-refractivity contribution in [2.24, 2.45) is 0 Å². The van der Waals surface area contributed by atoms with Crippen molar-refractivity contribution in [1.82, 2.24) is 4.90 Å². The first-order valence-electron chi connectivity index (χ1n) is 8.08. The zero-order valence-electron chi connectivity index (χ0n) is 13.8. The van der Waals surface area contributed by atoms with Crippen LogP contribution in [0.5, 0.6) is 5.75 Å². The van der Waals surface area contributed by atoms with Crippen molar-refractivity contribution < 1.29 is 19.2 Å². The van der Waals surface area contributed by atoms with Gasteiger partial charge in [0.25, 0.3) is 5.91 Å². The second-order valence-corrected chi connectivity index (χ2v) is 6.15. The van der Waals surface area contributed by atoms with E-state index < -0.39 is 11.0 Å². The summed E-state index contributed by atoms with van der Waals surface area (Å²) in [4.78, 5) is 25.4. The van der Waals surface area contributed by atoms with Gasteiger partial charge in [0.05, 0.1) is 18.1 Å². The fraction of sp³-hybridized carbons (Fsp3) is 0.278. The first-order chi connectivity index (χ1) is 12.6. The molecule has 7 nitrogen and oxygen atoms in total. The Morgan fingerprint density at radius 3 is 2.54 bits per heavy atom. The van der Waals surface area contributed by atoms with Crippen LogP contribution < -0.4 is 4.74 Å². The van der Waals surface area contributed by atoms with Crippen LogP contribution in [0.25, 0.3) is 0 Å². The van der Waals surface area contributed by atoms with Gasteiger partial charge in [-0.3, -0.25) is 14.9 Å². The topological polar surface area (TPSA) is 81.9 Å². The standard InChI is InChI=1S/C18H17ClN2O5/c19-14-6-7-16(15(12-14)21(23)24)26-17(13-4-2-1-3-5-13)18(22)20-8-10-25-11-9-20/h1-7,12,17H,8-11H2/t17-/m1/s1. The summed E-state index contributed by atoms with van der Waals surface area (Å²) in [5, 5.41) is 11.5. The van der Waals surface area contributed by atoms with Crippen molar-refractivity contribution in [2.45, 2.75) is 6.10 Å². The molecule has 136 valence electrons. The third-order valence-corrected chi connectivity index (χ3v) is 4.25. The van der Waals surface area contributed by atoms with Crippen molar-refractivity contribution >= 4 is 23.2 Å². The lowest BCUT2D eigenvalue weighted by Gasteiger charge is -2.30. The number of ether oxygens (including phenoxy) is 2. The van der Waals surface area contributed by atoms with Crippen LogP contribution in [0, 0.1) is 10.1 Å². The highest BCUT2D eigenvalue weighted by Gasteiger charge is 2.31. The van der Waals surface area contributed by atoms with Crippen LogP contribution in [0.15, 0.2) is 48.5 Å². The largest absolute Gasteiger partial charge is 0.469 e. The SMILES string of the molecule is O=C([C@H](Oc1ccc(Cl)cc1[N+](=O)[O-])c1ccccc1)N1CCOCC1. The van der Waals surface area contributed by atoms with E-state index in [2.05, 4.69) is 0 Å². The van der Waals surface area contributed by atoms with Gasteiger partial charge < -0.3 is 14.4 Å². The van der Waals surface area contributed by atoms with Crippen molar-refractivity contribution in [1.29, 1.82) is 0 Å². The maximum atomic E-state index is 13.0. The van der Waals surface area contributed by atoms with Gasteiger partial charge in [0, 0.05) is 29.7 Å². The first kappa shape index (κ1) is 18.2. The van der Waals surface area contributed by atoms with E-state index in [-0.39, 0.29) is 22.4 Å². The molecular formula is C18H17ClN2O5. The van der Waals surface area contributed by atoms with E-state index in [1.54, 1.807) is 29.2 Å². The predicted molar refractivity (Wildman–Crippen MR) is 95.3 cm³/mol. The molecule has 1 aliphatic rings. The van der Waals surface area contributed by atoms with Crippen LogP contribution in [0.1, 0.15) is 11.7 Å². The zero-order chi connectivity index (χ0) is 18.5. The molecule has 1 saturated heterocycles. The molecule has 0 unspecified atom stereocenters. The number of carbonyl (C=O) groups excluding carboxylic acids is 1. The number of nitro groups is 1. The molecule has 0 saturated carbocycles. The maximum Gasteiger partial charge on any atom is 0.312 e. The predicted octanol–water partition coefficient (Wildman–Crippen LogP) is 3.23. The van der Waals surface area contributed by atoms with E-state index >= 15 is 0 Å². The second-order valence-electron chi connectivity index (χ2n) is 5.72. The van der Waals surface area contributed by atoms with Gasteiger partial charge in [0.1, 0.15) is 0 Å². The maximum absolute atomic E-state index is 13.0. The number of hydrogen-bond acceptors (Lipinski definition) is 5. The van der Waals surface area contributed by atoms with Crippen molar-refractivity contribution in [3.8, 4) is 5.75 Å². The molecular weight excluding hydrogens is 360 g/mol. The van der Waals surface area contributed by atoms with Gasteiger partial charge in [-0.25, -0.2) is 0 Å². The first-order valence-corrected chi connectivity index (χ1v) is 8.46. The molecule has 0 aromatic heterocycles. The molecule has 0 N–H and O–H groups in total. The fourth-order valence-corrected chi connectivity index (χ4v) is 2.86. The van der Waals surface area contributed by atoms with Crippen LogP contribution >= 0.6 is 11.6 Å². The van der Waals surface area contributed by atoms with Crippen molar-refractivity contribution in [3.63, 3.8) is 0 Å². The summed E-state index contributed by atoms with van der Waals surface area (Å²) < 4.78 is 11.1. The van der Waals surface area contributed by atoms with Gasteiger partial charge in [0.15, 0.2) is 5.75 Å². The Bertz CT molecular complexity index is 793. The smallest absolute Gasteiger partial charge is 0.312 e. The monoisotopic (exact) mass is 376 g/mol. The number of nitro benzene ring substituents is 1. The fourth-order valence-electron chi connectivity index (χ4n) is 2.70. The molecule has 2 aromatic carbocycles. The second kappa shape index (κ2) is 8.16. The van der Waals surface area contributed by atoms with Crippen LogP contribution in [0.3, 0.4) is 0 Å². The van der Waals surface area contributed by atoms with E-state index in [0.29, 0.717) is 31.9 Å². The minimum Gasteiger partial charge on any atom is -0.469 e. The van der Waals surface area contributed by atoms with Gasteiger partial charge in [-0.1, -0.05) is 41.9 Å². The highest BCUT2D eigenvalue weighted by Crippen LogP contribution is 2.34. The number of amides is 1. The van der Waals surface area contributed by atoms with Crippen LogP contribution in [0.4, 0.5) is 5.69 Å². The van der Waals surface area contributed by atoms with Crippen LogP contribution in [-0.2, 0) is 9.53 Å². The molecule has 1 amide bonds. The van der Waals surface area contributed by atoms with Gasteiger partial charge >= 0.3 is 5.69 Å². The number of rotatable bonds is 5. The highest BCUT2D eigenvalue weighted by atomic mass is 35.5. The third-order valence-electron chi connectivity index (χ3n) is 4.01. The van der Waals surface area contributed by atoms with Crippen LogP contribution in [0.2, 0.25) is 5.02 Å². The van der Waals surface area contributed by atoms with Gasteiger partial charge in [-0.15, -0.1) is 0 Å². The van der Waals surface area contributed by atoms with E-state index in [1.165, 1.54) is 18.2 Å². The van der Waals surface area contributed by atoms with Crippen molar-refractivity contribution in [3.05, 3.63) is 69.2 Å². The Morgan fingerprint density at radius 1 is 1.19 bits per heavy atom. The van der Waals surface area contributed by atoms with Gasteiger partial charge in [0.2, 0.25) is 6.10 Å². The number of carbonyl (C=O) groups is 1. The van der Waals surface area contributed by atoms with Crippen molar-refractivity contribution in [2.75, 3.05) is 26.3 Å². The molecule has 0 aliphatic carbocycles. The average Bonchev–Trinajstić information content (AvgIpc) is 2.67. The molecule has 0 bridgehead atoms. The Hall–Kier alpha value is -2.64. The zero-order valence-corrected chi connectivity index (χ0v) is 14.6. The average molecular weight is 377 g/mol. The number of hydrogen-bond donors (Lipinski definition) is 0. The molecule has 0 spiro atoms. The minimum atomic E-state index is -0.992. The molecule has 2 aromatic rings. The van der Waals surface area contributed by atoms with E-state index in [0.717, 1.165) is 0 Å². The lowest BCUT2D eigenvalue weighted by molar-refractivity contribution is -0.386. The Balaban J connectivity index is 1.94. The molecule has 26 heavy (non-hydrogen) atoms. The Morgan fingerprint density at radius 2 is 1.88 bits per heavy atom. The number of morpholine rings is 1. The summed E-state index contributed by atoms with van der Waals surface area (Å²) in [7, 11) is 0.